The van der Waals surface area contributed by atoms with Gasteiger partial charge in [0.15, 0.2) is 5.13 Å². The number of rotatable bonds is 4. The lowest BCUT2D eigenvalue weighted by Crippen LogP contribution is -2.25. The Hall–Kier alpha value is -0.610. The Balaban J connectivity index is 1.87. The second-order valence-corrected chi connectivity index (χ2v) is 8.05. The Bertz CT molecular complexity index is 408. The maximum absolute atomic E-state index is 4.43. The molecule has 3 nitrogen and oxygen atoms in total. The Morgan fingerprint density at radius 2 is 2.15 bits per heavy atom. The van der Waals surface area contributed by atoms with Gasteiger partial charge in [0, 0.05) is 24.2 Å². The second-order valence-electron chi connectivity index (χ2n) is 6.93. The van der Waals surface area contributed by atoms with Crippen LogP contribution < -0.4 is 5.32 Å². The maximum atomic E-state index is 4.43. The molecule has 114 valence electrons. The van der Waals surface area contributed by atoms with Gasteiger partial charge in [-0.2, -0.15) is 0 Å². The summed E-state index contributed by atoms with van der Waals surface area (Å²) in [6.45, 7) is 13.8. The Kier molecular flexibility index (Phi) is 5.44. The fraction of sp³-hybridized carbons (Fsp3) is 0.812. The predicted molar refractivity (Wildman–Crippen MR) is 88.4 cm³/mol. The van der Waals surface area contributed by atoms with E-state index < -0.39 is 0 Å². The Labute approximate surface area is 127 Å². The lowest BCUT2D eigenvalue weighted by Gasteiger charge is -2.29. The highest BCUT2D eigenvalue weighted by Gasteiger charge is 2.27. The third-order valence-corrected chi connectivity index (χ3v) is 5.25. The van der Waals surface area contributed by atoms with Crippen LogP contribution in [0.15, 0.2) is 6.20 Å². The number of hydrogen-bond acceptors (Lipinski definition) is 4. The third kappa shape index (κ3) is 4.45. The van der Waals surface area contributed by atoms with Crippen LogP contribution in [0, 0.1) is 11.3 Å². The highest BCUT2D eigenvalue weighted by Crippen LogP contribution is 2.34. The van der Waals surface area contributed by atoms with E-state index >= 15 is 0 Å². The summed E-state index contributed by atoms with van der Waals surface area (Å²) in [5.74, 6) is 0.867. The van der Waals surface area contributed by atoms with Crippen molar-refractivity contribution in [3.8, 4) is 0 Å². The van der Waals surface area contributed by atoms with E-state index in [2.05, 4.69) is 42.9 Å². The first-order valence-electron chi connectivity index (χ1n) is 7.90. The fourth-order valence-electron chi connectivity index (χ4n) is 3.01. The average molecular weight is 295 g/mol. The van der Waals surface area contributed by atoms with Gasteiger partial charge in [-0.25, -0.2) is 4.98 Å². The van der Waals surface area contributed by atoms with Crippen LogP contribution >= 0.6 is 11.3 Å². The molecule has 2 rings (SSSR count). The number of nitrogens with one attached hydrogen (secondary N) is 1. The number of anilines is 1. The molecule has 1 aromatic heterocycles. The lowest BCUT2D eigenvalue weighted by molar-refractivity contribution is 0.207. The molecule has 1 aliphatic heterocycles. The molecule has 0 radical (unpaired) electrons. The quantitative estimate of drug-likeness (QED) is 0.901. The zero-order chi connectivity index (χ0) is 14.6. The summed E-state index contributed by atoms with van der Waals surface area (Å²) in [5.41, 5.74) is 0.457. The van der Waals surface area contributed by atoms with Crippen LogP contribution in [0.5, 0.6) is 0 Å². The van der Waals surface area contributed by atoms with E-state index in [1.165, 1.54) is 37.2 Å². The van der Waals surface area contributed by atoms with Gasteiger partial charge in [-0.15, -0.1) is 11.3 Å². The monoisotopic (exact) mass is 295 g/mol. The SMILES string of the molecule is CCNc1ncc(CN2CCCC(C(C)(C)C)CC2)s1. The van der Waals surface area contributed by atoms with E-state index in [1.807, 2.05) is 6.20 Å². The number of thiazole rings is 1. The van der Waals surface area contributed by atoms with Gasteiger partial charge >= 0.3 is 0 Å². The van der Waals surface area contributed by atoms with Crippen molar-refractivity contribution in [2.45, 2.75) is 53.5 Å². The molecule has 2 heterocycles. The van der Waals surface area contributed by atoms with Crippen molar-refractivity contribution in [3.05, 3.63) is 11.1 Å². The summed E-state index contributed by atoms with van der Waals surface area (Å²) in [4.78, 5) is 8.42. The zero-order valence-electron chi connectivity index (χ0n) is 13.4. The molecule has 20 heavy (non-hydrogen) atoms. The van der Waals surface area contributed by atoms with E-state index in [9.17, 15) is 0 Å². The van der Waals surface area contributed by atoms with Gasteiger partial charge < -0.3 is 5.32 Å². The van der Waals surface area contributed by atoms with Crippen LogP contribution in [0.1, 0.15) is 51.8 Å². The van der Waals surface area contributed by atoms with Crippen LogP contribution in [-0.4, -0.2) is 29.5 Å². The first-order chi connectivity index (χ1) is 9.49. The first kappa shape index (κ1) is 15.8. The molecule has 1 unspecified atom stereocenters. The van der Waals surface area contributed by atoms with Gasteiger partial charge in [0.25, 0.3) is 0 Å². The van der Waals surface area contributed by atoms with Crippen molar-refractivity contribution in [1.29, 1.82) is 0 Å². The van der Waals surface area contributed by atoms with E-state index in [-0.39, 0.29) is 0 Å². The van der Waals surface area contributed by atoms with E-state index in [1.54, 1.807) is 11.3 Å². The smallest absolute Gasteiger partial charge is 0.182 e. The molecular weight excluding hydrogens is 266 g/mol. The molecule has 0 bridgehead atoms. The van der Waals surface area contributed by atoms with Gasteiger partial charge in [-0.05, 0) is 50.6 Å². The predicted octanol–water partition coefficient (Wildman–Crippen LogP) is 4.22. The molecule has 1 N–H and O–H groups in total. The lowest BCUT2D eigenvalue weighted by atomic mass is 9.77. The number of likely N-dealkylation sites (tertiary alicyclic amines) is 1. The topological polar surface area (TPSA) is 28.2 Å². The molecule has 1 fully saturated rings. The fourth-order valence-corrected chi connectivity index (χ4v) is 3.94. The van der Waals surface area contributed by atoms with Crippen molar-refractivity contribution >= 4 is 16.5 Å². The largest absolute Gasteiger partial charge is 0.362 e. The van der Waals surface area contributed by atoms with E-state index in [0.717, 1.165) is 24.1 Å². The van der Waals surface area contributed by atoms with Crippen molar-refractivity contribution in [3.63, 3.8) is 0 Å². The molecule has 0 aliphatic carbocycles. The molecule has 0 amide bonds. The van der Waals surface area contributed by atoms with Gasteiger partial charge in [0.2, 0.25) is 0 Å². The van der Waals surface area contributed by atoms with Crippen molar-refractivity contribution in [2.24, 2.45) is 11.3 Å². The molecular formula is C16H29N3S. The molecule has 1 atom stereocenters. The molecule has 1 aromatic rings. The highest BCUT2D eigenvalue weighted by atomic mass is 32.1. The Morgan fingerprint density at radius 3 is 2.85 bits per heavy atom. The first-order valence-corrected chi connectivity index (χ1v) is 8.71. The molecule has 1 aliphatic rings. The number of aromatic nitrogens is 1. The van der Waals surface area contributed by atoms with Crippen LogP contribution in [0.4, 0.5) is 5.13 Å². The molecule has 0 spiro atoms. The summed E-state index contributed by atoms with van der Waals surface area (Å²) in [5, 5.41) is 4.35. The zero-order valence-corrected chi connectivity index (χ0v) is 14.2. The molecule has 0 aromatic carbocycles. The van der Waals surface area contributed by atoms with Crippen molar-refractivity contribution in [2.75, 3.05) is 25.0 Å². The summed E-state index contributed by atoms with van der Waals surface area (Å²) in [7, 11) is 0. The van der Waals surface area contributed by atoms with Crippen molar-refractivity contribution < 1.29 is 0 Å². The van der Waals surface area contributed by atoms with E-state index in [4.69, 9.17) is 0 Å². The Morgan fingerprint density at radius 1 is 1.35 bits per heavy atom. The summed E-state index contributed by atoms with van der Waals surface area (Å²) in [6.07, 6.45) is 6.09. The minimum atomic E-state index is 0.457. The van der Waals surface area contributed by atoms with Crippen LogP contribution in [0.2, 0.25) is 0 Å². The van der Waals surface area contributed by atoms with Crippen LogP contribution in [-0.2, 0) is 6.54 Å². The summed E-state index contributed by atoms with van der Waals surface area (Å²) >= 11 is 1.80. The van der Waals surface area contributed by atoms with Gasteiger partial charge in [0.1, 0.15) is 0 Å². The van der Waals surface area contributed by atoms with Gasteiger partial charge in [-0.1, -0.05) is 20.8 Å². The molecule has 1 saturated heterocycles. The van der Waals surface area contributed by atoms with Crippen LogP contribution in [0.3, 0.4) is 0 Å². The standard InChI is InChI=1S/C16H29N3S/c1-5-17-15-18-11-14(20-15)12-19-9-6-7-13(8-10-19)16(2,3)4/h11,13H,5-10,12H2,1-4H3,(H,17,18). The van der Waals surface area contributed by atoms with Gasteiger partial charge in [-0.3, -0.25) is 4.90 Å². The summed E-state index contributed by atoms with van der Waals surface area (Å²) < 4.78 is 0. The highest BCUT2D eigenvalue weighted by molar-refractivity contribution is 7.15. The minimum Gasteiger partial charge on any atom is -0.362 e. The number of hydrogen-bond donors (Lipinski definition) is 1. The third-order valence-electron chi connectivity index (χ3n) is 4.31. The summed E-state index contributed by atoms with van der Waals surface area (Å²) in [6, 6.07) is 0. The van der Waals surface area contributed by atoms with Crippen LogP contribution in [0.25, 0.3) is 0 Å². The normalized spacial score (nSPS) is 21.7. The second kappa shape index (κ2) is 6.90. The average Bonchev–Trinajstić information content (AvgIpc) is 2.65. The molecule has 4 heteroatoms. The molecule has 0 saturated carbocycles. The van der Waals surface area contributed by atoms with Crippen molar-refractivity contribution in [1.82, 2.24) is 9.88 Å². The maximum Gasteiger partial charge on any atom is 0.182 e. The number of nitrogens with zero attached hydrogens (tertiary/aromatic N) is 2. The minimum absolute atomic E-state index is 0.457. The van der Waals surface area contributed by atoms with E-state index in [0.29, 0.717) is 5.41 Å². The van der Waals surface area contributed by atoms with Gasteiger partial charge in [0.05, 0.1) is 0 Å².